The summed E-state index contributed by atoms with van der Waals surface area (Å²) in [4.78, 5) is 71.7. The van der Waals surface area contributed by atoms with Crippen LogP contribution in [0.4, 0.5) is 14.4 Å². The van der Waals surface area contributed by atoms with Gasteiger partial charge in [-0.3, -0.25) is 4.79 Å². The van der Waals surface area contributed by atoms with Gasteiger partial charge in [-0.05, 0) is 90.6 Å². The van der Waals surface area contributed by atoms with Gasteiger partial charge in [-0.2, -0.15) is 0 Å². The lowest BCUT2D eigenvalue weighted by molar-refractivity contribution is -0.135. The molecule has 8 rings (SSSR count). The first kappa shape index (κ1) is 43.2. The normalized spacial score (nSPS) is 19.1. The molecular weight excluding hydrogens is 802 g/mol. The molecule has 0 saturated carbocycles. The third-order valence-electron chi connectivity index (χ3n) is 12.1. The number of methoxy groups -OCH3 is 2. The lowest BCUT2D eigenvalue weighted by Gasteiger charge is -2.33. The van der Waals surface area contributed by atoms with Crippen LogP contribution in [-0.4, -0.2) is 107 Å². The molecule has 61 heavy (non-hydrogen) atoms. The fourth-order valence-corrected chi connectivity index (χ4v) is 8.82. The smallest absolute Gasteiger partial charge is 0.408 e. The number of H-pyrrole nitrogens is 2. The van der Waals surface area contributed by atoms with Crippen molar-refractivity contribution in [2.75, 3.05) is 40.5 Å². The van der Waals surface area contributed by atoms with Crippen LogP contribution >= 0.6 is 12.4 Å². The molecule has 0 unspecified atom stereocenters. The van der Waals surface area contributed by atoms with E-state index >= 15 is 0 Å². The van der Waals surface area contributed by atoms with Gasteiger partial charge in [-0.1, -0.05) is 44.2 Å². The molecule has 0 radical (unpaired) electrons. The average Bonchev–Trinajstić information content (AvgIpc) is 4.11. The molecule has 16 nitrogen and oxygen atoms in total. The molecule has 0 aliphatic carbocycles. The number of ether oxygens (including phenoxy) is 3. The number of carbonyl (C=O) groups excluding carboxylic acids is 4. The summed E-state index contributed by atoms with van der Waals surface area (Å²) in [7, 11) is 2.60. The predicted molar refractivity (Wildman–Crippen MR) is 232 cm³/mol. The van der Waals surface area contributed by atoms with Crippen molar-refractivity contribution in [3.63, 3.8) is 0 Å². The number of imidazole rings is 2. The molecule has 4 atom stereocenters. The SMILES string of the molecule is COC(=O)N[C@H](NC(=O)N1CCC[C@H]1c1nc2ccc(-c3ccc4cc(-c5cnc([C@@H]6CCCN6C(=O)[C@@H](NC(=O)OC)C(C)C)[nH]5)ccc4c3)cc2[nH]1)C1CCOCC1.Cl. The number of amides is 5. The number of halogens is 1. The summed E-state index contributed by atoms with van der Waals surface area (Å²) < 4.78 is 15.1. The number of aromatic nitrogens is 4. The molecule has 324 valence electrons. The molecule has 2 aromatic heterocycles. The molecule has 5 amide bonds. The Kier molecular flexibility index (Phi) is 13.3. The molecule has 17 heteroatoms. The molecule has 5 aromatic rings. The Morgan fingerprint density at radius 3 is 2.08 bits per heavy atom. The van der Waals surface area contributed by atoms with Gasteiger partial charge in [-0.15, -0.1) is 12.4 Å². The van der Waals surface area contributed by atoms with Gasteiger partial charge >= 0.3 is 18.2 Å². The highest BCUT2D eigenvalue weighted by molar-refractivity contribution is 5.92. The van der Waals surface area contributed by atoms with E-state index in [2.05, 4.69) is 74.4 Å². The highest BCUT2D eigenvalue weighted by Crippen LogP contribution is 2.36. The third kappa shape index (κ3) is 9.25. The number of urea groups is 1. The molecule has 5 heterocycles. The van der Waals surface area contributed by atoms with Crippen molar-refractivity contribution in [2.45, 2.75) is 76.7 Å². The number of nitrogens with one attached hydrogen (secondary N) is 5. The lowest BCUT2D eigenvalue weighted by atomic mass is 9.96. The number of fused-ring (bicyclic) bond motifs is 2. The molecule has 3 aliphatic rings. The minimum absolute atomic E-state index is 0. The summed E-state index contributed by atoms with van der Waals surface area (Å²) in [5.74, 6) is 1.23. The van der Waals surface area contributed by atoms with Gasteiger partial charge in [0.05, 0.1) is 49.2 Å². The summed E-state index contributed by atoms with van der Waals surface area (Å²) in [6, 6.07) is 17.5. The minimum Gasteiger partial charge on any atom is -0.453 e. The maximum atomic E-state index is 13.7. The van der Waals surface area contributed by atoms with Crippen molar-refractivity contribution < 1.29 is 33.4 Å². The van der Waals surface area contributed by atoms with E-state index in [9.17, 15) is 19.2 Å². The zero-order valence-electron chi connectivity index (χ0n) is 34.9. The van der Waals surface area contributed by atoms with Crippen LogP contribution in [0.1, 0.15) is 76.1 Å². The van der Waals surface area contributed by atoms with Gasteiger partial charge in [0, 0.05) is 37.8 Å². The number of alkyl carbamates (subject to hydrolysis) is 2. The molecular formula is C44H54ClN9O7. The van der Waals surface area contributed by atoms with Gasteiger partial charge in [0.2, 0.25) is 5.91 Å². The number of likely N-dealkylation sites (tertiary alicyclic amines) is 2. The predicted octanol–water partition coefficient (Wildman–Crippen LogP) is 7.19. The Morgan fingerprint density at radius 2 is 1.38 bits per heavy atom. The average molecular weight is 856 g/mol. The fourth-order valence-electron chi connectivity index (χ4n) is 8.82. The molecule has 0 spiro atoms. The van der Waals surface area contributed by atoms with Crippen LogP contribution in [0.3, 0.4) is 0 Å². The summed E-state index contributed by atoms with van der Waals surface area (Å²) >= 11 is 0. The van der Waals surface area contributed by atoms with Gasteiger partial charge < -0.3 is 49.9 Å². The van der Waals surface area contributed by atoms with E-state index in [1.54, 1.807) is 4.90 Å². The van der Waals surface area contributed by atoms with Crippen LogP contribution in [0.2, 0.25) is 0 Å². The van der Waals surface area contributed by atoms with Crippen LogP contribution in [0.15, 0.2) is 60.8 Å². The largest absolute Gasteiger partial charge is 0.453 e. The van der Waals surface area contributed by atoms with E-state index in [1.807, 2.05) is 31.0 Å². The number of benzene rings is 3. The Balaban J connectivity index is 0.00000561. The van der Waals surface area contributed by atoms with Crippen LogP contribution in [0.5, 0.6) is 0 Å². The molecule has 3 saturated heterocycles. The second-order valence-electron chi connectivity index (χ2n) is 16.2. The van der Waals surface area contributed by atoms with E-state index in [-0.39, 0.29) is 48.3 Å². The van der Waals surface area contributed by atoms with Crippen molar-refractivity contribution in [3.05, 3.63) is 72.4 Å². The number of hydrogen-bond donors (Lipinski definition) is 5. The van der Waals surface area contributed by atoms with E-state index in [0.717, 1.165) is 94.4 Å². The van der Waals surface area contributed by atoms with Crippen LogP contribution in [0, 0.1) is 11.8 Å². The quantitative estimate of drug-likeness (QED) is 0.0904. The Hall–Kier alpha value is -5.87. The second-order valence-corrected chi connectivity index (χ2v) is 16.2. The number of carbonyl (C=O) groups is 4. The van der Waals surface area contributed by atoms with E-state index in [1.165, 1.54) is 14.2 Å². The number of aromatic amines is 2. The molecule has 0 bridgehead atoms. The zero-order valence-corrected chi connectivity index (χ0v) is 35.7. The second kappa shape index (κ2) is 18.8. The Labute approximate surface area is 360 Å². The highest BCUT2D eigenvalue weighted by atomic mass is 35.5. The summed E-state index contributed by atoms with van der Waals surface area (Å²) in [6.45, 7) is 6.13. The van der Waals surface area contributed by atoms with Crippen molar-refractivity contribution in [1.29, 1.82) is 0 Å². The Morgan fingerprint density at radius 1 is 0.754 bits per heavy atom. The summed E-state index contributed by atoms with van der Waals surface area (Å²) in [5.41, 5.74) is 5.64. The maximum Gasteiger partial charge on any atom is 0.408 e. The van der Waals surface area contributed by atoms with Crippen molar-refractivity contribution in [2.24, 2.45) is 11.8 Å². The molecule has 3 fully saturated rings. The van der Waals surface area contributed by atoms with Crippen molar-refractivity contribution in [3.8, 4) is 22.4 Å². The summed E-state index contributed by atoms with van der Waals surface area (Å²) in [6.07, 6.45) is 4.70. The van der Waals surface area contributed by atoms with Crippen LogP contribution < -0.4 is 16.0 Å². The first-order valence-corrected chi connectivity index (χ1v) is 20.8. The summed E-state index contributed by atoms with van der Waals surface area (Å²) in [5, 5.41) is 10.7. The zero-order chi connectivity index (χ0) is 41.9. The van der Waals surface area contributed by atoms with Gasteiger partial charge in [0.1, 0.15) is 23.9 Å². The van der Waals surface area contributed by atoms with E-state index < -0.39 is 24.4 Å². The van der Waals surface area contributed by atoms with Gasteiger partial charge in [0.15, 0.2) is 0 Å². The molecule has 3 aliphatic heterocycles. The Bertz CT molecular complexity index is 2380. The molecule has 5 N–H and O–H groups in total. The van der Waals surface area contributed by atoms with Gasteiger partial charge in [0.25, 0.3) is 0 Å². The monoisotopic (exact) mass is 855 g/mol. The third-order valence-corrected chi connectivity index (χ3v) is 12.1. The number of nitrogens with zero attached hydrogens (tertiary/aromatic N) is 4. The topological polar surface area (TPSA) is 196 Å². The lowest BCUT2D eigenvalue weighted by Crippen LogP contribution is -2.56. The molecule has 3 aromatic carbocycles. The van der Waals surface area contributed by atoms with Crippen LogP contribution in [0.25, 0.3) is 44.2 Å². The van der Waals surface area contributed by atoms with Crippen molar-refractivity contribution >= 4 is 58.3 Å². The van der Waals surface area contributed by atoms with E-state index in [0.29, 0.717) is 26.3 Å². The number of rotatable bonds is 10. The first-order chi connectivity index (χ1) is 29.1. The standard InChI is InChI=1S/C44H53N9O7.ClH/c1-25(2)37(49-43(56)58-3)41(54)52-17-5-7-35(52)39-45-24-34(48-39)31-12-11-27-21-28(9-10-29(27)22-31)30-13-14-32-33(23-30)47-40(46-32)36-8-6-18-53(36)42(55)50-38(51-44(57)59-4)26-15-19-60-20-16-26;/h9-14,21-26,35-38H,5-8,15-20H2,1-4H3,(H,45,48)(H,46,47)(H,49,56)(H,50,55)(H,51,57);1H/t35-,36-,37-,38-;/m0./s1. The maximum absolute atomic E-state index is 13.7. The first-order valence-electron chi connectivity index (χ1n) is 20.8. The van der Waals surface area contributed by atoms with Crippen molar-refractivity contribution in [1.82, 2.24) is 45.7 Å². The van der Waals surface area contributed by atoms with Crippen LogP contribution in [-0.2, 0) is 19.0 Å². The van der Waals surface area contributed by atoms with E-state index in [4.69, 9.17) is 24.2 Å². The fraction of sp³-hybridized carbons (Fsp3) is 0.455. The number of hydrogen-bond acceptors (Lipinski definition) is 9. The highest BCUT2D eigenvalue weighted by Gasteiger charge is 2.38. The minimum atomic E-state index is -0.694. The van der Waals surface area contributed by atoms with Gasteiger partial charge in [-0.25, -0.2) is 24.4 Å².